The number of primary amides is 1. The summed E-state index contributed by atoms with van der Waals surface area (Å²) in [5, 5.41) is 0. The second-order valence-corrected chi connectivity index (χ2v) is 3.56. The summed E-state index contributed by atoms with van der Waals surface area (Å²) in [5.41, 5.74) is 5.65. The Labute approximate surface area is 82.7 Å². The molecule has 0 saturated carbocycles. The Morgan fingerprint density at radius 1 is 1.50 bits per heavy atom. The third-order valence-electron chi connectivity index (χ3n) is 1.90. The zero-order valence-electron chi connectivity index (χ0n) is 8.36. The fourth-order valence-corrected chi connectivity index (χ4v) is 1.20. The van der Waals surface area contributed by atoms with Gasteiger partial charge in [0.05, 0.1) is 0 Å². The maximum atomic E-state index is 11.5. The quantitative estimate of drug-likeness (QED) is 0.721. The molecule has 14 heavy (non-hydrogen) atoms. The van der Waals surface area contributed by atoms with Crippen molar-refractivity contribution in [2.45, 2.75) is 20.4 Å². The van der Waals surface area contributed by atoms with Gasteiger partial charge in [-0.25, -0.2) is 0 Å². The Morgan fingerprint density at radius 3 is 2.64 bits per heavy atom. The van der Waals surface area contributed by atoms with Gasteiger partial charge in [0.15, 0.2) is 5.78 Å². The van der Waals surface area contributed by atoms with Crippen molar-refractivity contribution in [2.75, 3.05) is 0 Å². The van der Waals surface area contributed by atoms with Gasteiger partial charge in [-0.15, -0.1) is 0 Å². The maximum absolute atomic E-state index is 11.5. The van der Waals surface area contributed by atoms with Crippen molar-refractivity contribution < 1.29 is 9.59 Å². The highest BCUT2D eigenvalue weighted by Gasteiger charge is 2.11. The van der Waals surface area contributed by atoms with Gasteiger partial charge in [-0.1, -0.05) is 13.8 Å². The van der Waals surface area contributed by atoms with Crippen LogP contribution in [0.1, 0.15) is 24.2 Å². The highest BCUT2D eigenvalue weighted by Crippen LogP contribution is 2.08. The number of nitrogens with zero attached hydrogens (tertiary/aromatic N) is 1. The number of carbonyl (C=O) groups excluding carboxylic acids is 2. The standard InChI is InChI=1S/C10H14N2O2/c1-7(2)10(14)8-3-4-12(5-8)6-9(11)13/h3-5,7H,6H2,1-2H3,(H2,11,13). The van der Waals surface area contributed by atoms with Crippen molar-refractivity contribution in [3.8, 4) is 0 Å². The summed E-state index contributed by atoms with van der Waals surface area (Å²) in [6, 6.07) is 1.70. The van der Waals surface area contributed by atoms with Gasteiger partial charge in [0, 0.05) is 23.9 Å². The van der Waals surface area contributed by atoms with E-state index in [1.54, 1.807) is 23.0 Å². The summed E-state index contributed by atoms with van der Waals surface area (Å²) < 4.78 is 1.61. The van der Waals surface area contributed by atoms with Crippen LogP contribution < -0.4 is 5.73 Å². The number of aromatic nitrogens is 1. The van der Waals surface area contributed by atoms with Gasteiger partial charge in [-0.05, 0) is 6.07 Å². The first-order chi connectivity index (χ1) is 6.50. The van der Waals surface area contributed by atoms with E-state index in [-0.39, 0.29) is 18.2 Å². The molecule has 1 amide bonds. The van der Waals surface area contributed by atoms with E-state index in [0.717, 1.165) is 0 Å². The molecule has 4 nitrogen and oxygen atoms in total. The van der Waals surface area contributed by atoms with E-state index in [1.165, 1.54) is 0 Å². The summed E-state index contributed by atoms with van der Waals surface area (Å²) in [6.45, 7) is 3.80. The van der Waals surface area contributed by atoms with Crippen LogP contribution in [0, 0.1) is 5.92 Å². The number of nitrogens with two attached hydrogens (primary N) is 1. The van der Waals surface area contributed by atoms with Crippen LogP contribution in [0.2, 0.25) is 0 Å². The molecule has 4 heteroatoms. The Morgan fingerprint density at radius 2 is 2.14 bits per heavy atom. The molecular formula is C10H14N2O2. The minimum Gasteiger partial charge on any atom is -0.368 e. The van der Waals surface area contributed by atoms with Crippen LogP contribution in [-0.4, -0.2) is 16.3 Å². The molecule has 0 radical (unpaired) electrons. The maximum Gasteiger partial charge on any atom is 0.237 e. The summed E-state index contributed by atoms with van der Waals surface area (Å²) in [7, 11) is 0. The van der Waals surface area contributed by atoms with Crippen LogP contribution >= 0.6 is 0 Å². The first-order valence-electron chi connectivity index (χ1n) is 4.49. The van der Waals surface area contributed by atoms with Crippen molar-refractivity contribution in [1.82, 2.24) is 4.57 Å². The van der Waals surface area contributed by atoms with Crippen molar-refractivity contribution >= 4 is 11.7 Å². The van der Waals surface area contributed by atoms with Crippen molar-refractivity contribution in [3.05, 3.63) is 24.0 Å². The number of rotatable bonds is 4. The summed E-state index contributed by atoms with van der Waals surface area (Å²) in [4.78, 5) is 22.1. The predicted molar refractivity (Wildman–Crippen MR) is 52.8 cm³/mol. The molecule has 0 aliphatic heterocycles. The molecule has 1 rings (SSSR count). The highest BCUT2D eigenvalue weighted by atomic mass is 16.1. The monoisotopic (exact) mass is 194 g/mol. The molecule has 0 aliphatic carbocycles. The molecule has 0 atom stereocenters. The number of hydrogen-bond donors (Lipinski definition) is 1. The molecule has 0 spiro atoms. The van der Waals surface area contributed by atoms with Gasteiger partial charge in [0.2, 0.25) is 5.91 Å². The van der Waals surface area contributed by atoms with E-state index in [9.17, 15) is 9.59 Å². The molecule has 2 N–H and O–H groups in total. The second kappa shape index (κ2) is 4.09. The third kappa shape index (κ3) is 2.45. The number of carbonyl (C=O) groups is 2. The lowest BCUT2D eigenvalue weighted by molar-refractivity contribution is -0.118. The second-order valence-electron chi connectivity index (χ2n) is 3.56. The molecule has 0 aliphatic rings. The minimum absolute atomic E-state index is 0.0283. The third-order valence-corrected chi connectivity index (χ3v) is 1.90. The Balaban J connectivity index is 2.77. The van der Waals surface area contributed by atoms with Gasteiger partial charge >= 0.3 is 0 Å². The molecule has 0 aromatic carbocycles. The predicted octanol–water partition coefficient (Wildman–Crippen LogP) is 0.812. The molecule has 0 saturated heterocycles. The van der Waals surface area contributed by atoms with E-state index < -0.39 is 5.91 Å². The lowest BCUT2D eigenvalue weighted by atomic mass is 10.0. The van der Waals surface area contributed by atoms with Crippen LogP contribution in [0.4, 0.5) is 0 Å². The van der Waals surface area contributed by atoms with Crippen LogP contribution in [-0.2, 0) is 11.3 Å². The van der Waals surface area contributed by atoms with E-state index in [2.05, 4.69) is 0 Å². The van der Waals surface area contributed by atoms with Crippen molar-refractivity contribution in [2.24, 2.45) is 11.7 Å². The van der Waals surface area contributed by atoms with Crippen LogP contribution in [0.15, 0.2) is 18.5 Å². The first-order valence-corrected chi connectivity index (χ1v) is 4.49. The molecule has 76 valence electrons. The average molecular weight is 194 g/mol. The molecule has 1 aromatic heterocycles. The van der Waals surface area contributed by atoms with Gasteiger partial charge in [-0.3, -0.25) is 9.59 Å². The minimum atomic E-state index is -0.413. The van der Waals surface area contributed by atoms with E-state index >= 15 is 0 Å². The molecular weight excluding hydrogens is 180 g/mol. The van der Waals surface area contributed by atoms with Gasteiger partial charge in [0.1, 0.15) is 6.54 Å². The average Bonchev–Trinajstić information content (AvgIpc) is 2.50. The molecule has 0 bridgehead atoms. The lowest BCUT2D eigenvalue weighted by Crippen LogP contribution is -2.17. The van der Waals surface area contributed by atoms with Gasteiger partial charge < -0.3 is 10.3 Å². The zero-order valence-corrected chi connectivity index (χ0v) is 8.36. The van der Waals surface area contributed by atoms with Crippen LogP contribution in [0.3, 0.4) is 0 Å². The van der Waals surface area contributed by atoms with Crippen molar-refractivity contribution in [1.29, 1.82) is 0 Å². The molecule has 1 heterocycles. The first kappa shape index (κ1) is 10.5. The van der Waals surface area contributed by atoms with Crippen LogP contribution in [0.5, 0.6) is 0 Å². The van der Waals surface area contributed by atoms with E-state index in [0.29, 0.717) is 5.56 Å². The molecule has 1 aromatic rings. The Kier molecular flexibility index (Phi) is 3.06. The molecule has 0 fully saturated rings. The van der Waals surface area contributed by atoms with E-state index in [4.69, 9.17) is 5.73 Å². The summed E-state index contributed by atoms with van der Waals surface area (Å²) >= 11 is 0. The van der Waals surface area contributed by atoms with Crippen molar-refractivity contribution in [3.63, 3.8) is 0 Å². The highest BCUT2D eigenvalue weighted by molar-refractivity contribution is 5.97. The fraction of sp³-hybridized carbons (Fsp3) is 0.400. The summed E-state index contributed by atoms with van der Waals surface area (Å²) in [6.07, 6.45) is 3.33. The Hall–Kier alpha value is -1.58. The number of amides is 1. The van der Waals surface area contributed by atoms with Crippen LogP contribution in [0.25, 0.3) is 0 Å². The van der Waals surface area contributed by atoms with Gasteiger partial charge in [-0.2, -0.15) is 0 Å². The topological polar surface area (TPSA) is 65.1 Å². The number of hydrogen-bond acceptors (Lipinski definition) is 2. The molecule has 0 unspecified atom stereocenters. The SMILES string of the molecule is CC(C)C(=O)c1ccn(CC(N)=O)c1. The smallest absolute Gasteiger partial charge is 0.237 e. The number of Topliss-reactive ketones (excluding diaryl/α,β-unsaturated/α-hetero) is 1. The lowest BCUT2D eigenvalue weighted by Gasteiger charge is -2.00. The number of ketones is 1. The van der Waals surface area contributed by atoms with Gasteiger partial charge in [0.25, 0.3) is 0 Å². The normalized spacial score (nSPS) is 10.5. The largest absolute Gasteiger partial charge is 0.368 e. The Bertz CT molecular complexity index is 353. The zero-order chi connectivity index (χ0) is 10.7. The fourth-order valence-electron chi connectivity index (χ4n) is 1.20. The van der Waals surface area contributed by atoms with E-state index in [1.807, 2.05) is 13.8 Å². The summed E-state index contributed by atoms with van der Waals surface area (Å²) in [5.74, 6) is -0.364.